The van der Waals surface area contributed by atoms with Crippen molar-refractivity contribution in [3.05, 3.63) is 42.2 Å². The normalized spacial score (nSPS) is 20.6. The molecule has 1 spiro atoms. The topological polar surface area (TPSA) is 102 Å². The number of rotatable bonds is 4. The SMILES string of the molecule is COC(=O)C1CC(=O)N(OC)C12CCN(C(=O)c1cc(-c3ccccc3)no1)CC2. The van der Waals surface area contributed by atoms with Crippen LogP contribution in [0.1, 0.15) is 29.8 Å². The van der Waals surface area contributed by atoms with E-state index in [1.165, 1.54) is 19.3 Å². The molecule has 158 valence electrons. The molecule has 2 saturated heterocycles. The Morgan fingerprint density at radius 1 is 1.17 bits per heavy atom. The van der Waals surface area contributed by atoms with Gasteiger partial charge in [-0.3, -0.25) is 19.2 Å². The molecule has 9 heteroatoms. The largest absolute Gasteiger partial charge is 0.469 e. The van der Waals surface area contributed by atoms with E-state index in [2.05, 4.69) is 5.16 Å². The Balaban J connectivity index is 1.50. The van der Waals surface area contributed by atoms with Crippen LogP contribution in [0.5, 0.6) is 0 Å². The summed E-state index contributed by atoms with van der Waals surface area (Å²) in [6.07, 6.45) is 0.840. The minimum atomic E-state index is -0.813. The smallest absolute Gasteiger partial charge is 0.311 e. The highest BCUT2D eigenvalue weighted by atomic mass is 16.7. The van der Waals surface area contributed by atoms with Gasteiger partial charge < -0.3 is 14.2 Å². The van der Waals surface area contributed by atoms with Crippen LogP contribution in [0.15, 0.2) is 40.9 Å². The molecule has 0 saturated carbocycles. The van der Waals surface area contributed by atoms with Gasteiger partial charge >= 0.3 is 5.97 Å². The van der Waals surface area contributed by atoms with Gasteiger partial charge in [-0.2, -0.15) is 0 Å². The molecular formula is C21H23N3O6. The number of methoxy groups -OCH3 is 1. The summed E-state index contributed by atoms with van der Waals surface area (Å²) in [5, 5.41) is 5.29. The minimum absolute atomic E-state index is 0.0387. The van der Waals surface area contributed by atoms with E-state index < -0.39 is 17.4 Å². The lowest BCUT2D eigenvalue weighted by atomic mass is 9.77. The van der Waals surface area contributed by atoms with E-state index in [9.17, 15) is 14.4 Å². The highest BCUT2D eigenvalue weighted by Crippen LogP contribution is 2.44. The zero-order chi connectivity index (χ0) is 21.3. The van der Waals surface area contributed by atoms with Crippen molar-refractivity contribution in [1.29, 1.82) is 0 Å². The molecule has 1 atom stereocenters. The van der Waals surface area contributed by atoms with E-state index in [1.54, 1.807) is 11.0 Å². The zero-order valence-corrected chi connectivity index (χ0v) is 16.9. The Morgan fingerprint density at radius 2 is 1.87 bits per heavy atom. The molecule has 0 radical (unpaired) electrons. The molecule has 1 aromatic carbocycles. The number of aromatic nitrogens is 1. The summed E-state index contributed by atoms with van der Waals surface area (Å²) in [5.74, 6) is -1.44. The van der Waals surface area contributed by atoms with E-state index in [1.807, 2.05) is 30.3 Å². The van der Waals surface area contributed by atoms with Crippen LogP contribution in [-0.2, 0) is 19.2 Å². The summed E-state index contributed by atoms with van der Waals surface area (Å²) in [6, 6.07) is 11.1. The van der Waals surface area contributed by atoms with Crippen molar-refractivity contribution >= 4 is 17.8 Å². The number of carbonyl (C=O) groups is 3. The molecular weight excluding hydrogens is 390 g/mol. The number of hydroxylamine groups is 2. The van der Waals surface area contributed by atoms with Gasteiger partial charge in [0.1, 0.15) is 5.69 Å². The molecule has 0 N–H and O–H groups in total. The van der Waals surface area contributed by atoms with Gasteiger partial charge in [0, 0.05) is 31.1 Å². The maximum absolute atomic E-state index is 12.9. The molecule has 1 aromatic heterocycles. The number of hydrogen-bond donors (Lipinski definition) is 0. The lowest BCUT2D eigenvalue weighted by Crippen LogP contribution is -2.57. The number of carbonyl (C=O) groups excluding carboxylic acids is 3. The summed E-state index contributed by atoms with van der Waals surface area (Å²) in [6.45, 7) is 0.696. The molecule has 2 aliphatic heterocycles. The van der Waals surface area contributed by atoms with E-state index in [0.29, 0.717) is 31.6 Å². The number of amides is 2. The molecule has 0 aliphatic carbocycles. The Morgan fingerprint density at radius 3 is 2.50 bits per heavy atom. The second-order valence-electron chi connectivity index (χ2n) is 7.49. The fraction of sp³-hybridized carbons (Fsp3) is 0.429. The molecule has 2 amide bonds. The van der Waals surface area contributed by atoms with Crippen molar-refractivity contribution in [2.45, 2.75) is 24.8 Å². The summed E-state index contributed by atoms with van der Waals surface area (Å²) in [5.41, 5.74) is 0.635. The Hall–Kier alpha value is -3.20. The molecule has 0 bridgehead atoms. The summed E-state index contributed by atoms with van der Waals surface area (Å²) >= 11 is 0. The van der Waals surface area contributed by atoms with Gasteiger partial charge in [0.05, 0.1) is 25.7 Å². The molecule has 4 rings (SSSR count). The highest BCUT2D eigenvalue weighted by Gasteiger charge is 2.58. The summed E-state index contributed by atoms with van der Waals surface area (Å²) in [4.78, 5) is 44.6. The molecule has 1 unspecified atom stereocenters. The van der Waals surface area contributed by atoms with Crippen molar-refractivity contribution in [3.8, 4) is 11.3 Å². The average molecular weight is 413 g/mol. The van der Waals surface area contributed by atoms with Gasteiger partial charge in [-0.15, -0.1) is 0 Å². The predicted molar refractivity (Wildman–Crippen MR) is 104 cm³/mol. The van der Waals surface area contributed by atoms with Crippen molar-refractivity contribution in [2.75, 3.05) is 27.3 Å². The van der Waals surface area contributed by atoms with Crippen LogP contribution in [-0.4, -0.2) is 65.8 Å². The number of nitrogens with zero attached hydrogens (tertiary/aromatic N) is 3. The first-order valence-electron chi connectivity index (χ1n) is 9.76. The van der Waals surface area contributed by atoms with Crippen molar-refractivity contribution in [1.82, 2.24) is 15.1 Å². The van der Waals surface area contributed by atoms with Gasteiger partial charge in [-0.05, 0) is 12.8 Å². The Labute approximate surface area is 173 Å². The van der Waals surface area contributed by atoms with Gasteiger partial charge in [-0.1, -0.05) is 35.5 Å². The lowest BCUT2D eigenvalue weighted by molar-refractivity contribution is -0.209. The highest BCUT2D eigenvalue weighted by molar-refractivity contribution is 5.93. The number of likely N-dealkylation sites (tertiary alicyclic amines) is 1. The fourth-order valence-electron chi connectivity index (χ4n) is 4.49. The Bertz CT molecular complexity index is 947. The van der Waals surface area contributed by atoms with Crippen molar-refractivity contribution in [3.63, 3.8) is 0 Å². The zero-order valence-electron chi connectivity index (χ0n) is 16.9. The van der Waals surface area contributed by atoms with Crippen LogP contribution in [0, 0.1) is 5.92 Å². The second-order valence-corrected chi connectivity index (χ2v) is 7.49. The number of hydrogen-bond acceptors (Lipinski definition) is 7. The van der Waals surface area contributed by atoms with Gasteiger partial charge in [0.2, 0.25) is 11.7 Å². The monoisotopic (exact) mass is 413 g/mol. The molecule has 2 aromatic rings. The molecule has 9 nitrogen and oxygen atoms in total. The number of piperidine rings is 1. The minimum Gasteiger partial charge on any atom is -0.469 e. The van der Waals surface area contributed by atoms with Gasteiger partial charge in [0.25, 0.3) is 5.91 Å². The van der Waals surface area contributed by atoms with Crippen LogP contribution in [0.4, 0.5) is 0 Å². The first-order valence-corrected chi connectivity index (χ1v) is 9.76. The summed E-state index contributed by atoms with van der Waals surface area (Å²) < 4.78 is 10.2. The van der Waals surface area contributed by atoms with Crippen LogP contribution in [0.2, 0.25) is 0 Å². The maximum Gasteiger partial charge on any atom is 0.311 e. The molecule has 2 aliphatic rings. The molecule has 3 heterocycles. The predicted octanol–water partition coefficient (Wildman–Crippen LogP) is 1.90. The van der Waals surface area contributed by atoms with Crippen LogP contribution in [0.25, 0.3) is 11.3 Å². The number of esters is 1. The summed E-state index contributed by atoms with van der Waals surface area (Å²) in [7, 11) is 2.72. The van der Waals surface area contributed by atoms with E-state index >= 15 is 0 Å². The third-order valence-corrected chi connectivity index (χ3v) is 6.03. The number of ether oxygens (including phenoxy) is 1. The van der Waals surface area contributed by atoms with Crippen LogP contribution >= 0.6 is 0 Å². The van der Waals surface area contributed by atoms with Crippen molar-refractivity contribution < 1.29 is 28.5 Å². The standard InChI is InChI=1S/C21H23N3O6/c1-28-20(27)15-12-18(25)24(29-2)21(15)8-10-23(11-9-21)19(26)17-13-16(22-30-17)14-6-4-3-5-7-14/h3-7,13,15H,8-12H2,1-2H3. The number of benzene rings is 1. The van der Waals surface area contributed by atoms with E-state index in [-0.39, 0.29) is 24.0 Å². The first kappa shape index (κ1) is 20.1. The maximum atomic E-state index is 12.9. The quantitative estimate of drug-likeness (QED) is 0.706. The Kier molecular flexibility index (Phi) is 5.29. The first-order chi connectivity index (χ1) is 14.5. The third-order valence-electron chi connectivity index (χ3n) is 6.03. The van der Waals surface area contributed by atoms with E-state index in [4.69, 9.17) is 14.1 Å². The molecule has 2 fully saturated rings. The van der Waals surface area contributed by atoms with Crippen molar-refractivity contribution in [2.24, 2.45) is 5.92 Å². The van der Waals surface area contributed by atoms with Crippen LogP contribution in [0.3, 0.4) is 0 Å². The fourth-order valence-corrected chi connectivity index (χ4v) is 4.49. The van der Waals surface area contributed by atoms with Gasteiger partial charge in [-0.25, -0.2) is 5.06 Å². The second kappa shape index (κ2) is 7.91. The average Bonchev–Trinajstić information content (AvgIpc) is 3.37. The lowest BCUT2D eigenvalue weighted by Gasteiger charge is -2.45. The van der Waals surface area contributed by atoms with E-state index in [0.717, 1.165) is 5.56 Å². The van der Waals surface area contributed by atoms with Crippen LogP contribution < -0.4 is 0 Å². The molecule has 30 heavy (non-hydrogen) atoms. The van der Waals surface area contributed by atoms with Gasteiger partial charge in [0.15, 0.2) is 0 Å². The third kappa shape index (κ3) is 3.24.